The Morgan fingerprint density at radius 1 is 1.26 bits per heavy atom. The fraction of sp³-hybridized carbons (Fsp3) is 0.429. The molecule has 0 saturated carbocycles. The number of hydrogen-bond acceptors (Lipinski definition) is 3. The van der Waals surface area contributed by atoms with Crippen molar-refractivity contribution in [3.8, 4) is 0 Å². The molecule has 0 fully saturated rings. The number of carbonyl (C=O) groups excluding carboxylic acids is 1. The topological polar surface area (TPSA) is 75.6 Å². The van der Waals surface area contributed by atoms with Gasteiger partial charge in [0.25, 0.3) is 5.91 Å². The van der Waals surface area contributed by atoms with E-state index in [2.05, 4.69) is 5.32 Å². The maximum Gasteiger partial charge on any atom is 0.335 e. The Balaban J connectivity index is 2.47. The zero-order chi connectivity index (χ0) is 14.3. The molecule has 1 aromatic carbocycles. The van der Waals surface area contributed by atoms with Crippen molar-refractivity contribution in [1.29, 1.82) is 0 Å². The van der Waals surface area contributed by atoms with Crippen molar-refractivity contribution in [2.75, 3.05) is 13.2 Å². The van der Waals surface area contributed by atoms with Crippen LogP contribution in [-0.4, -0.2) is 36.2 Å². The lowest BCUT2D eigenvalue weighted by Gasteiger charge is -2.13. The third-order valence-corrected chi connectivity index (χ3v) is 2.55. The number of rotatable bonds is 7. The van der Waals surface area contributed by atoms with Gasteiger partial charge in [0.2, 0.25) is 0 Å². The van der Waals surface area contributed by atoms with Gasteiger partial charge in [0.15, 0.2) is 0 Å². The molecule has 1 aromatic rings. The standard InChI is InChI=1S/C14H19NO4/c1-3-8-19-10(2)9-15-13(16)11-4-6-12(7-5-11)14(17)18/h4-7,10H,3,8-9H2,1-2H3,(H,15,16)(H,17,18)/t10-/m1/s1. The Bertz CT molecular complexity index is 428. The number of hydrogen-bond donors (Lipinski definition) is 2. The van der Waals surface area contributed by atoms with Gasteiger partial charge in [0.05, 0.1) is 11.7 Å². The summed E-state index contributed by atoms with van der Waals surface area (Å²) in [6, 6.07) is 5.81. The van der Waals surface area contributed by atoms with E-state index in [0.717, 1.165) is 6.42 Å². The third-order valence-electron chi connectivity index (χ3n) is 2.55. The van der Waals surface area contributed by atoms with Gasteiger partial charge in [0.1, 0.15) is 0 Å². The molecular formula is C14H19NO4. The molecule has 1 amide bonds. The van der Waals surface area contributed by atoms with Crippen LogP contribution < -0.4 is 5.32 Å². The molecule has 5 nitrogen and oxygen atoms in total. The van der Waals surface area contributed by atoms with E-state index in [0.29, 0.717) is 18.7 Å². The summed E-state index contributed by atoms with van der Waals surface area (Å²) in [5, 5.41) is 11.5. The van der Waals surface area contributed by atoms with E-state index in [1.54, 1.807) is 0 Å². The van der Waals surface area contributed by atoms with E-state index in [1.165, 1.54) is 24.3 Å². The van der Waals surface area contributed by atoms with Gasteiger partial charge < -0.3 is 15.2 Å². The number of benzene rings is 1. The SMILES string of the molecule is CCCO[C@H](C)CNC(=O)c1ccc(C(=O)O)cc1. The van der Waals surface area contributed by atoms with E-state index in [-0.39, 0.29) is 17.6 Å². The quantitative estimate of drug-likeness (QED) is 0.790. The fourth-order valence-corrected chi connectivity index (χ4v) is 1.48. The fourth-order valence-electron chi connectivity index (χ4n) is 1.48. The van der Waals surface area contributed by atoms with E-state index in [9.17, 15) is 9.59 Å². The van der Waals surface area contributed by atoms with Crippen LogP contribution in [0.15, 0.2) is 24.3 Å². The summed E-state index contributed by atoms with van der Waals surface area (Å²) in [5.41, 5.74) is 0.601. The van der Waals surface area contributed by atoms with Gasteiger partial charge in [-0.25, -0.2) is 4.79 Å². The first-order chi connectivity index (χ1) is 9.04. The van der Waals surface area contributed by atoms with Crippen LogP contribution in [0.3, 0.4) is 0 Å². The van der Waals surface area contributed by atoms with E-state index in [1.807, 2.05) is 13.8 Å². The molecular weight excluding hydrogens is 246 g/mol. The molecule has 0 saturated heterocycles. The van der Waals surface area contributed by atoms with Crippen LogP contribution in [0, 0.1) is 0 Å². The third kappa shape index (κ3) is 5.09. The van der Waals surface area contributed by atoms with Gasteiger partial charge in [-0.1, -0.05) is 6.92 Å². The lowest BCUT2D eigenvalue weighted by atomic mass is 10.1. The zero-order valence-electron chi connectivity index (χ0n) is 11.2. The molecule has 19 heavy (non-hydrogen) atoms. The van der Waals surface area contributed by atoms with Crippen LogP contribution in [0.5, 0.6) is 0 Å². The Hall–Kier alpha value is -1.88. The van der Waals surface area contributed by atoms with Crippen molar-refractivity contribution in [3.63, 3.8) is 0 Å². The normalized spacial score (nSPS) is 11.9. The molecule has 0 heterocycles. The largest absolute Gasteiger partial charge is 0.478 e. The molecule has 0 aliphatic carbocycles. The Labute approximate surface area is 112 Å². The predicted molar refractivity (Wildman–Crippen MR) is 71.4 cm³/mol. The van der Waals surface area contributed by atoms with Crippen LogP contribution >= 0.6 is 0 Å². The molecule has 0 unspecified atom stereocenters. The molecule has 0 aliphatic heterocycles. The molecule has 0 radical (unpaired) electrons. The monoisotopic (exact) mass is 265 g/mol. The number of carboxylic acid groups (broad SMARTS) is 1. The van der Waals surface area contributed by atoms with Gasteiger partial charge >= 0.3 is 5.97 Å². The summed E-state index contributed by atoms with van der Waals surface area (Å²) < 4.78 is 5.44. The summed E-state index contributed by atoms with van der Waals surface area (Å²) in [7, 11) is 0. The minimum absolute atomic E-state index is 0.0396. The molecule has 1 rings (SSSR count). The minimum Gasteiger partial charge on any atom is -0.478 e. The molecule has 0 bridgehead atoms. The second kappa shape index (κ2) is 7.53. The lowest BCUT2D eigenvalue weighted by Crippen LogP contribution is -2.32. The highest BCUT2D eigenvalue weighted by Crippen LogP contribution is 2.04. The van der Waals surface area contributed by atoms with Crippen LogP contribution in [-0.2, 0) is 4.74 Å². The van der Waals surface area contributed by atoms with Crippen molar-refractivity contribution < 1.29 is 19.4 Å². The number of ether oxygens (including phenoxy) is 1. The summed E-state index contributed by atoms with van der Waals surface area (Å²) >= 11 is 0. The van der Waals surface area contributed by atoms with Crippen LogP contribution in [0.2, 0.25) is 0 Å². The van der Waals surface area contributed by atoms with E-state index in [4.69, 9.17) is 9.84 Å². The van der Waals surface area contributed by atoms with Crippen LogP contribution in [0.4, 0.5) is 0 Å². The van der Waals surface area contributed by atoms with Gasteiger partial charge in [-0.05, 0) is 37.6 Å². The van der Waals surface area contributed by atoms with Gasteiger partial charge in [-0.2, -0.15) is 0 Å². The van der Waals surface area contributed by atoms with Crippen LogP contribution in [0.25, 0.3) is 0 Å². The summed E-state index contributed by atoms with van der Waals surface area (Å²) in [6.07, 6.45) is 0.900. The van der Waals surface area contributed by atoms with Crippen molar-refractivity contribution >= 4 is 11.9 Å². The maximum absolute atomic E-state index is 11.8. The number of aromatic carboxylic acids is 1. The van der Waals surface area contributed by atoms with Crippen molar-refractivity contribution in [2.24, 2.45) is 0 Å². The van der Waals surface area contributed by atoms with Crippen molar-refractivity contribution in [2.45, 2.75) is 26.4 Å². The molecule has 104 valence electrons. The first-order valence-electron chi connectivity index (χ1n) is 6.27. The van der Waals surface area contributed by atoms with Crippen molar-refractivity contribution in [3.05, 3.63) is 35.4 Å². The number of carboxylic acids is 1. The Morgan fingerprint density at radius 3 is 2.37 bits per heavy atom. The van der Waals surface area contributed by atoms with Gasteiger partial charge in [0, 0.05) is 18.7 Å². The molecule has 0 aromatic heterocycles. The maximum atomic E-state index is 11.8. The molecule has 5 heteroatoms. The molecule has 1 atom stereocenters. The first kappa shape index (κ1) is 15.2. The number of carbonyl (C=O) groups is 2. The van der Waals surface area contributed by atoms with E-state index < -0.39 is 5.97 Å². The molecule has 0 aliphatic rings. The highest BCUT2D eigenvalue weighted by Gasteiger charge is 2.09. The Morgan fingerprint density at radius 2 is 1.84 bits per heavy atom. The average molecular weight is 265 g/mol. The number of nitrogens with one attached hydrogen (secondary N) is 1. The van der Waals surface area contributed by atoms with Crippen LogP contribution in [0.1, 0.15) is 41.0 Å². The lowest BCUT2D eigenvalue weighted by molar-refractivity contribution is 0.0622. The van der Waals surface area contributed by atoms with Crippen molar-refractivity contribution in [1.82, 2.24) is 5.32 Å². The smallest absolute Gasteiger partial charge is 0.335 e. The second-order valence-corrected chi connectivity index (χ2v) is 4.27. The summed E-state index contributed by atoms with van der Waals surface area (Å²) in [5.74, 6) is -1.24. The van der Waals surface area contributed by atoms with Gasteiger partial charge in [-0.3, -0.25) is 4.79 Å². The number of amides is 1. The summed E-state index contributed by atoms with van der Waals surface area (Å²) in [6.45, 7) is 5.02. The molecule has 0 spiro atoms. The van der Waals surface area contributed by atoms with Gasteiger partial charge in [-0.15, -0.1) is 0 Å². The predicted octanol–water partition coefficient (Wildman–Crippen LogP) is 1.93. The second-order valence-electron chi connectivity index (χ2n) is 4.27. The summed E-state index contributed by atoms with van der Waals surface area (Å²) in [4.78, 5) is 22.5. The first-order valence-corrected chi connectivity index (χ1v) is 6.27. The highest BCUT2D eigenvalue weighted by atomic mass is 16.5. The van der Waals surface area contributed by atoms with E-state index >= 15 is 0 Å². The molecule has 2 N–H and O–H groups in total. The average Bonchev–Trinajstić information content (AvgIpc) is 2.42. The zero-order valence-corrected chi connectivity index (χ0v) is 11.2. The highest BCUT2D eigenvalue weighted by molar-refractivity contribution is 5.95. The Kier molecular flexibility index (Phi) is 6.02. The minimum atomic E-state index is -1.01.